The van der Waals surface area contributed by atoms with Gasteiger partial charge < -0.3 is 10.1 Å². The summed E-state index contributed by atoms with van der Waals surface area (Å²) in [4.78, 5) is 49.7. The van der Waals surface area contributed by atoms with Crippen LogP contribution in [-0.4, -0.2) is 47.8 Å². The third kappa shape index (κ3) is 4.07. The van der Waals surface area contributed by atoms with Crippen LogP contribution in [0.5, 0.6) is 0 Å². The largest absolute Gasteiger partial charge is 0.454 e. The highest BCUT2D eigenvalue weighted by Crippen LogP contribution is 2.37. The van der Waals surface area contributed by atoms with E-state index in [2.05, 4.69) is 12.2 Å². The first-order valence-electron chi connectivity index (χ1n) is 9.77. The first-order chi connectivity index (χ1) is 12.5. The maximum Gasteiger partial charge on any atom is 0.326 e. The minimum Gasteiger partial charge on any atom is -0.454 e. The summed E-state index contributed by atoms with van der Waals surface area (Å²) in [5, 5.41) is 2.91. The van der Waals surface area contributed by atoms with Crippen molar-refractivity contribution in [1.29, 1.82) is 0 Å². The topological polar surface area (TPSA) is 92.8 Å². The summed E-state index contributed by atoms with van der Waals surface area (Å²) in [5.41, 5.74) is 0. The molecule has 0 spiro atoms. The van der Waals surface area contributed by atoms with Crippen molar-refractivity contribution in [3.8, 4) is 0 Å². The Kier molecular flexibility index (Phi) is 5.94. The number of nitrogens with zero attached hydrogens (tertiary/aromatic N) is 1. The molecule has 4 atom stereocenters. The van der Waals surface area contributed by atoms with Gasteiger partial charge in [-0.2, -0.15) is 0 Å². The highest BCUT2D eigenvalue weighted by atomic mass is 16.5. The molecule has 1 heterocycles. The van der Waals surface area contributed by atoms with Crippen LogP contribution in [0.15, 0.2) is 0 Å². The molecule has 0 aromatic heterocycles. The fourth-order valence-electron chi connectivity index (χ4n) is 4.49. The van der Waals surface area contributed by atoms with Crippen LogP contribution in [0.2, 0.25) is 0 Å². The minimum atomic E-state index is -0.711. The number of carbonyl (C=O) groups excluding carboxylic acids is 4. The predicted octanol–water partition coefficient (Wildman–Crippen LogP) is 1.40. The van der Waals surface area contributed by atoms with Gasteiger partial charge in [0.2, 0.25) is 11.8 Å². The molecule has 3 amide bonds. The number of likely N-dealkylation sites (tertiary alicyclic amines) is 1. The van der Waals surface area contributed by atoms with Gasteiger partial charge in [0, 0.05) is 6.04 Å². The number of ether oxygens (including phenoxy) is 1. The van der Waals surface area contributed by atoms with E-state index in [1.165, 1.54) is 6.42 Å². The average molecular weight is 364 g/mol. The lowest BCUT2D eigenvalue weighted by Crippen LogP contribution is -2.43. The number of carbonyl (C=O) groups is 4. The highest BCUT2D eigenvalue weighted by Gasteiger charge is 2.48. The van der Waals surface area contributed by atoms with Gasteiger partial charge in [-0.1, -0.05) is 32.6 Å². The maximum absolute atomic E-state index is 12.3. The predicted molar refractivity (Wildman–Crippen MR) is 92.7 cm³/mol. The lowest BCUT2D eigenvalue weighted by Gasteiger charge is -2.29. The van der Waals surface area contributed by atoms with E-state index in [9.17, 15) is 19.2 Å². The quantitative estimate of drug-likeness (QED) is 0.588. The van der Waals surface area contributed by atoms with E-state index in [1.807, 2.05) is 0 Å². The molecule has 0 bridgehead atoms. The van der Waals surface area contributed by atoms with Crippen molar-refractivity contribution in [2.75, 3.05) is 13.2 Å². The zero-order valence-corrected chi connectivity index (χ0v) is 15.4. The Morgan fingerprint density at radius 2 is 1.58 bits per heavy atom. The summed E-state index contributed by atoms with van der Waals surface area (Å²) in [7, 11) is 0. The Morgan fingerprint density at radius 1 is 1.00 bits per heavy atom. The zero-order valence-electron chi connectivity index (χ0n) is 15.4. The maximum atomic E-state index is 12.3. The van der Waals surface area contributed by atoms with Crippen LogP contribution in [0.1, 0.15) is 58.3 Å². The molecule has 144 valence electrons. The van der Waals surface area contributed by atoms with Gasteiger partial charge in [0.05, 0.1) is 11.8 Å². The molecular weight excluding hydrogens is 336 g/mol. The smallest absolute Gasteiger partial charge is 0.326 e. The van der Waals surface area contributed by atoms with Gasteiger partial charge in [-0.3, -0.25) is 24.1 Å². The van der Waals surface area contributed by atoms with Crippen molar-refractivity contribution < 1.29 is 23.9 Å². The number of nitrogens with one attached hydrogen (secondary N) is 1. The molecule has 1 N–H and O–H groups in total. The van der Waals surface area contributed by atoms with Crippen molar-refractivity contribution in [3.05, 3.63) is 0 Å². The van der Waals surface area contributed by atoms with E-state index in [4.69, 9.17) is 4.74 Å². The highest BCUT2D eigenvalue weighted by molar-refractivity contribution is 6.07. The normalized spacial score (nSPS) is 31.5. The summed E-state index contributed by atoms with van der Waals surface area (Å²) in [6, 6.07) is 0.125. The summed E-state index contributed by atoms with van der Waals surface area (Å²) < 4.78 is 5.00. The Bertz CT molecular complexity index is 566. The molecule has 0 unspecified atom stereocenters. The molecule has 26 heavy (non-hydrogen) atoms. The second-order valence-corrected chi connectivity index (χ2v) is 7.86. The third-order valence-electron chi connectivity index (χ3n) is 6.04. The first-order valence-corrected chi connectivity index (χ1v) is 9.77. The molecule has 3 rings (SSSR count). The lowest BCUT2D eigenvalue weighted by molar-refractivity contribution is -0.155. The van der Waals surface area contributed by atoms with Crippen LogP contribution >= 0.6 is 0 Å². The van der Waals surface area contributed by atoms with Gasteiger partial charge in [0.25, 0.3) is 5.91 Å². The number of rotatable bonds is 5. The van der Waals surface area contributed by atoms with Crippen LogP contribution in [-0.2, 0) is 23.9 Å². The van der Waals surface area contributed by atoms with Crippen molar-refractivity contribution in [2.45, 2.75) is 64.3 Å². The summed E-state index contributed by atoms with van der Waals surface area (Å²) in [5.74, 6) is -1.71. The van der Waals surface area contributed by atoms with E-state index in [0.717, 1.165) is 37.0 Å². The van der Waals surface area contributed by atoms with Crippen LogP contribution in [0, 0.1) is 17.8 Å². The Hall–Kier alpha value is -1.92. The number of esters is 1. The number of amides is 3. The Balaban J connectivity index is 1.44. The van der Waals surface area contributed by atoms with E-state index in [1.54, 1.807) is 0 Å². The zero-order chi connectivity index (χ0) is 18.7. The van der Waals surface area contributed by atoms with Crippen molar-refractivity contribution in [1.82, 2.24) is 10.2 Å². The molecule has 0 aromatic rings. The van der Waals surface area contributed by atoms with Gasteiger partial charge in [-0.25, -0.2) is 0 Å². The fourth-order valence-corrected chi connectivity index (χ4v) is 4.49. The van der Waals surface area contributed by atoms with Gasteiger partial charge >= 0.3 is 5.97 Å². The van der Waals surface area contributed by atoms with Gasteiger partial charge in [-0.05, 0) is 31.6 Å². The fraction of sp³-hybridized carbons (Fsp3) is 0.789. The summed E-state index contributed by atoms with van der Waals surface area (Å²) in [6.45, 7) is 1.35. The monoisotopic (exact) mass is 364 g/mol. The third-order valence-corrected chi connectivity index (χ3v) is 6.04. The van der Waals surface area contributed by atoms with Gasteiger partial charge in [0.15, 0.2) is 6.61 Å². The van der Waals surface area contributed by atoms with Gasteiger partial charge in [-0.15, -0.1) is 0 Å². The standard InChI is InChI=1S/C19H28N2O5/c1-12-6-2-5-9-15(12)20-16(22)11-26-17(23)10-21-18(24)13-7-3-4-8-14(13)19(21)25/h12-15H,2-11H2,1H3,(H,20,22)/t12-,13+,14+,15+/m1/s1. The SMILES string of the molecule is C[C@@H]1CCCC[C@@H]1NC(=O)COC(=O)CN1C(=O)[C@H]2CCCC[C@@H]2C1=O. The van der Waals surface area contributed by atoms with Gasteiger partial charge in [0.1, 0.15) is 6.54 Å². The number of imide groups is 1. The summed E-state index contributed by atoms with van der Waals surface area (Å²) in [6.07, 6.45) is 7.62. The first kappa shape index (κ1) is 18.9. The van der Waals surface area contributed by atoms with E-state index < -0.39 is 12.5 Å². The van der Waals surface area contributed by atoms with Crippen LogP contribution < -0.4 is 5.32 Å². The number of fused-ring (bicyclic) bond motifs is 1. The number of hydrogen-bond donors (Lipinski definition) is 1. The molecule has 2 saturated carbocycles. The van der Waals surface area contributed by atoms with Crippen LogP contribution in [0.4, 0.5) is 0 Å². The van der Waals surface area contributed by atoms with Crippen LogP contribution in [0.25, 0.3) is 0 Å². The molecule has 7 heteroatoms. The second-order valence-electron chi connectivity index (χ2n) is 7.86. The minimum absolute atomic E-state index is 0.125. The van der Waals surface area contributed by atoms with Crippen molar-refractivity contribution in [3.63, 3.8) is 0 Å². The molecule has 2 aliphatic carbocycles. The molecule has 1 aliphatic heterocycles. The second kappa shape index (κ2) is 8.18. The van der Waals surface area contributed by atoms with Crippen molar-refractivity contribution in [2.24, 2.45) is 17.8 Å². The molecule has 3 aliphatic rings. The molecule has 0 aromatic carbocycles. The van der Waals surface area contributed by atoms with E-state index in [0.29, 0.717) is 18.8 Å². The van der Waals surface area contributed by atoms with E-state index >= 15 is 0 Å². The Labute approximate surface area is 153 Å². The lowest BCUT2D eigenvalue weighted by atomic mass is 9.81. The number of hydrogen-bond acceptors (Lipinski definition) is 5. The summed E-state index contributed by atoms with van der Waals surface area (Å²) >= 11 is 0. The Morgan fingerprint density at radius 3 is 2.19 bits per heavy atom. The molecule has 1 saturated heterocycles. The average Bonchev–Trinajstić information content (AvgIpc) is 2.87. The van der Waals surface area contributed by atoms with Crippen LogP contribution in [0.3, 0.4) is 0 Å². The molecule has 3 fully saturated rings. The molecule has 7 nitrogen and oxygen atoms in total. The van der Waals surface area contributed by atoms with Crippen molar-refractivity contribution >= 4 is 23.7 Å². The molecule has 0 radical (unpaired) electrons. The van der Waals surface area contributed by atoms with E-state index in [-0.39, 0.29) is 42.2 Å². The molecular formula is C19H28N2O5.